The van der Waals surface area contributed by atoms with Crippen LogP contribution in [-0.2, 0) is 4.79 Å². The molecular formula is C46H42BBr3N6O8. The lowest BCUT2D eigenvalue weighted by molar-refractivity contribution is -0.104. The number of nitrogens with two attached hydrogens (primary N) is 2. The summed E-state index contributed by atoms with van der Waals surface area (Å²) >= 11 is 9.31. The van der Waals surface area contributed by atoms with Crippen LogP contribution in [0, 0.1) is 0 Å². The molecule has 0 aliphatic rings. The third-order valence-corrected chi connectivity index (χ3v) is 8.67. The van der Waals surface area contributed by atoms with Gasteiger partial charge < -0.3 is 40.6 Å². The van der Waals surface area contributed by atoms with Crippen LogP contribution in [0.15, 0.2) is 140 Å². The summed E-state index contributed by atoms with van der Waals surface area (Å²) in [4.78, 5) is 38.2. The van der Waals surface area contributed by atoms with Gasteiger partial charge in [0.1, 0.15) is 67.9 Å². The number of halogens is 3. The summed E-state index contributed by atoms with van der Waals surface area (Å²) in [6.07, 6.45) is 3.64. The van der Waals surface area contributed by atoms with Gasteiger partial charge >= 0.3 is 3.18 Å². The maximum absolute atomic E-state index is 10.6. The number of Topliss-reactive ketones (excluding diaryl/α,β-unsaturated/α-hetero) is 1. The van der Waals surface area contributed by atoms with Gasteiger partial charge in [-0.25, -0.2) is 19.9 Å². The average Bonchev–Trinajstić information content (AvgIpc) is 3.34. The number of anilines is 2. The van der Waals surface area contributed by atoms with Gasteiger partial charge in [-0.15, -0.1) is 47.3 Å². The molecule has 2 heterocycles. The first-order valence-electron chi connectivity index (χ1n) is 18.8. The smallest absolute Gasteiger partial charge is 0.369 e. The van der Waals surface area contributed by atoms with Crippen LogP contribution in [0.2, 0.25) is 0 Å². The Kier molecular flexibility index (Phi) is 19.8. The van der Waals surface area contributed by atoms with E-state index in [1.54, 1.807) is 69.1 Å². The van der Waals surface area contributed by atoms with Crippen molar-refractivity contribution in [2.45, 2.75) is 0 Å². The summed E-state index contributed by atoms with van der Waals surface area (Å²) in [6, 6.07) is 37.8. The van der Waals surface area contributed by atoms with E-state index in [1.807, 2.05) is 72.8 Å². The minimum atomic E-state index is -0.472. The molecule has 8 aromatic rings. The molecule has 14 nitrogen and oxygen atoms in total. The molecule has 64 heavy (non-hydrogen) atoms. The number of hydrogen-bond donors (Lipinski definition) is 4. The van der Waals surface area contributed by atoms with E-state index in [4.69, 9.17) is 30.4 Å². The predicted molar refractivity (Wildman–Crippen MR) is 264 cm³/mol. The number of hydrogen-bond acceptors (Lipinski definition) is 14. The highest BCUT2D eigenvalue weighted by atomic mass is 79.9. The van der Waals surface area contributed by atoms with Gasteiger partial charge in [0.15, 0.2) is 6.29 Å². The number of ether oxygens (including phenoxy) is 4. The highest BCUT2D eigenvalue weighted by Crippen LogP contribution is 2.35. The lowest BCUT2D eigenvalue weighted by Crippen LogP contribution is -2.00. The van der Waals surface area contributed by atoms with Crippen LogP contribution < -0.4 is 30.4 Å². The molecule has 6 aromatic carbocycles. The molecule has 0 unspecified atom stereocenters. The van der Waals surface area contributed by atoms with Crippen molar-refractivity contribution in [3.05, 3.63) is 145 Å². The minimum absolute atomic E-state index is 0.00748. The molecule has 328 valence electrons. The third-order valence-electron chi connectivity index (χ3n) is 8.67. The number of carbonyl (C=O) groups excluding carboxylic acids is 2. The Bertz CT molecular complexity index is 2730. The molecule has 18 heteroatoms. The molecule has 0 saturated carbocycles. The van der Waals surface area contributed by atoms with Crippen molar-refractivity contribution in [1.82, 2.24) is 19.9 Å². The standard InChI is InChI=1S/C16H14N2O2.C14H10N2O2.C8H12N2O2.C8H6O2.BBr3/c1-19-13-8-9-14(20-2)16-15(13)17-10-12(18-16)11-6-4-3-5-7-11;17-11-6-7-12(18)14-13(11)15-8-10(16-14)9-4-2-1-3-5-9;1-11-5-3-4-6(12-2)8(10)7(5)9;9-6-8(10)7-4-2-1-3-5-7;2-1(3)4/h3-10H,1-2H3;1-8,17-18H;3-4H,9-10H2,1-2H3;1-6H;. The molecule has 0 aliphatic carbocycles. The zero-order valence-electron chi connectivity index (χ0n) is 34.9. The van der Waals surface area contributed by atoms with E-state index in [9.17, 15) is 19.8 Å². The maximum Gasteiger partial charge on any atom is 0.369 e. The molecule has 0 fully saturated rings. The maximum atomic E-state index is 10.6. The van der Waals surface area contributed by atoms with Gasteiger partial charge in [-0.2, -0.15) is 0 Å². The van der Waals surface area contributed by atoms with Crippen molar-refractivity contribution >= 4 is 96.0 Å². The first kappa shape index (κ1) is 49.9. The number of rotatable bonds is 8. The zero-order chi connectivity index (χ0) is 46.6. The number of ketones is 1. The Balaban J connectivity index is 0.000000188. The minimum Gasteiger partial charge on any atom is -0.506 e. The number of aromatic nitrogens is 4. The zero-order valence-corrected chi connectivity index (χ0v) is 39.6. The van der Waals surface area contributed by atoms with Crippen molar-refractivity contribution in [3.63, 3.8) is 0 Å². The average molecular weight is 1060 g/mol. The van der Waals surface area contributed by atoms with Gasteiger partial charge in [-0.3, -0.25) is 9.59 Å². The highest BCUT2D eigenvalue weighted by molar-refractivity contribution is 9.69. The summed E-state index contributed by atoms with van der Waals surface area (Å²) in [5, 5.41) is 19.4. The Morgan fingerprint density at radius 1 is 0.531 bits per heavy atom. The number of fused-ring (bicyclic) bond motifs is 2. The second-order valence-electron chi connectivity index (χ2n) is 12.6. The van der Waals surface area contributed by atoms with Crippen molar-refractivity contribution in [1.29, 1.82) is 0 Å². The molecule has 0 aliphatic heterocycles. The number of methoxy groups -OCH3 is 4. The molecule has 0 bridgehead atoms. The number of phenolic OH excluding ortho intramolecular Hbond substituents is 2. The van der Waals surface area contributed by atoms with Crippen molar-refractivity contribution in [3.8, 4) is 57.0 Å². The molecule has 0 radical (unpaired) electrons. The second-order valence-corrected chi connectivity index (χ2v) is 19.0. The molecule has 0 amide bonds. The molecule has 2 aromatic heterocycles. The van der Waals surface area contributed by atoms with Crippen molar-refractivity contribution in [2.24, 2.45) is 0 Å². The molecule has 8 rings (SSSR count). The Hall–Kier alpha value is -6.76. The molecule has 0 atom stereocenters. The fourth-order valence-electron chi connectivity index (χ4n) is 5.57. The molecular weight excluding hydrogens is 1020 g/mol. The Morgan fingerprint density at radius 3 is 1.31 bits per heavy atom. The number of carbonyl (C=O) groups is 2. The van der Waals surface area contributed by atoms with Gasteiger partial charge in [0.05, 0.1) is 52.2 Å². The lowest BCUT2D eigenvalue weighted by atomic mass is 10.1. The summed E-state index contributed by atoms with van der Waals surface area (Å²) < 4.78 is 20.9. The quantitative estimate of drug-likeness (QED) is 0.0278. The van der Waals surface area contributed by atoms with Crippen molar-refractivity contribution in [2.75, 3.05) is 39.9 Å². The van der Waals surface area contributed by atoms with E-state index in [1.165, 1.54) is 26.4 Å². The monoisotopic (exact) mass is 1050 g/mol. The number of aromatic hydroxyl groups is 2. The largest absolute Gasteiger partial charge is 0.506 e. The third kappa shape index (κ3) is 13.9. The number of aldehydes is 1. The van der Waals surface area contributed by atoms with E-state index in [2.05, 4.69) is 67.2 Å². The van der Waals surface area contributed by atoms with Gasteiger partial charge in [-0.1, -0.05) is 91.0 Å². The van der Waals surface area contributed by atoms with Crippen LogP contribution >= 0.6 is 47.3 Å². The molecule has 6 N–H and O–H groups in total. The van der Waals surface area contributed by atoms with Crippen LogP contribution in [0.1, 0.15) is 10.4 Å². The summed E-state index contributed by atoms with van der Waals surface area (Å²) in [5.74, 6) is 2.05. The number of phenols is 2. The summed E-state index contributed by atoms with van der Waals surface area (Å²) in [7, 11) is 6.32. The van der Waals surface area contributed by atoms with E-state index >= 15 is 0 Å². The Labute approximate surface area is 394 Å². The van der Waals surface area contributed by atoms with E-state index in [0.717, 1.165) is 16.8 Å². The SMILES string of the molecule is BrB(Br)Br.COc1ccc(OC)c(N)c1N.COc1ccc(OC)c2nc(-c3ccccc3)cnc12.O=CC(=O)c1ccccc1.Oc1ccc(O)c2nc(-c3ccccc3)cnc12. The topological polar surface area (TPSA) is 215 Å². The predicted octanol–water partition coefficient (Wildman–Crippen LogP) is 10.1. The van der Waals surface area contributed by atoms with E-state index in [-0.39, 0.29) is 14.7 Å². The lowest BCUT2D eigenvalue weighted by Gasteiger charge is -2.10. The summed E-state index contributed by atoms with van der Waals surface area (Å²) in [6.45, 7) is 0. The van der Waals surface area contributed by atoms with E-state index in [0.29, 0.717) is 74.0 Å². The number of nitrogen functional groups attached to an aromatic ring is 2. The summed E-state index contributed by atoms with van der Waals surface area (Å²) in [5.41, 5.74) is 18.0. The van der Waals surface area contributed by atoms with Gasteiger partial charge in [0.25, 0.3) is 0 Å². The highest BCUT2D eigenvalue weighted by Gasteiger charge is 2.13. The number of nitrogens with zero attached hydrogens (tertiary/aromatic N) is 4. The van der Waals surface area contributed by atoms with Crippen molar-refractivity contribution < 1.29 is 38.7 Å². The van der Waals surface area contributed by atoms with Crippen LogP contribution in [0.3, 0.4) is 0 Å². The van der Waals surface area contributed by atoms with E-state index < -0.39 is 5.78 Å². The Morgan fingerprint density at radius 2 is 0.891 bits per heavy atom. The first-order valence-corrected chi connectivity index (χ1v) is 21.5. The molecule has 0 saturated heterocycles. The van der Waals surface area contributed by atoms with Crippen LogP contribution in [0.4, 0.5) is 11.4 Å². The van der Waals surface area contributed by atoms with Crippen LogP contribution in [0.5, 0.6) is 34.5 Å². The normalized spacial score (nSPS) is 9.86. The number of benzene rings is 6. The van der Waals surface area contributed by atoms with Gasteiger partial charge in [0, 0.05) is 16.7 Å². The van der Waals surface area contributed by atoms with Crippen LogP contribution in [0.25, 0.3) is 44.6 Å². The fourth-order valence-corrected chi connectivity index (χ4v) is 5.57. The second kappa shape index (κ2) is 25.4. The van der Waals surface area contributed by atoms with Gasteiger partial charge in [0.2, 0.25) is 5.78 Å². The fraction of sp³-hybridized carbons (Fsp3) is 0.0870. The van der Waals surface area contributed by atoms with Gasteiger partial charge in [-0.05, 0) is 36.4 Å². The molecule has 0 spiro atoms. The first-order chi connectivity index (χ1) is 30.9. The van der Waals surface area contributed by atoms with Crippen LogP contribution in [-0.4, -0.2) is 73.8 Å².